The van der Waals surface area contributed by atoms with Crippen molar-refractivity contribution in [2.24, 2.45) is 0 Å². The Morgan fingerprint density at radius 1 is 1.00 bits per heavy atom. The number of benzene rings is 3. The van der Waals surface area contributed by atoms with Crippen LogP contribution in [0.25, 0.3) is 0 Å². The molecule has 0 bridgehead atoms. The van der Waals surface area contributed by atoms with Gasteiger partial charge in [0.1, 0.15) is 17.5 Å². The van der Waals surface area contributed by atoms with Crippen LogP contribution < -0.4 is 14.8 Å². The molecule has 40 heavy (non-hydrogen) atoms. The van der Waals surface area contributed by atoms with Crippen molar-refractivity contribution in [2.45, 2.75) is 54.5 Å². The average molecular weight is 606 g/mol. The molecule has 0 aromatic heterocycles. The molecular weight excluding hydrogens is 574 g/mol. The number of rotatable bonds is 12. The summed E-state index contributed by atoms with van der Waals surface area (Å²) in [5.41, 5.74) is 2.06. The van der Waals surface area contributed by atoms with Gasteiger partial charge in [0, 0.05) is 18.0 Å². The fourth-order valence-corrected chi connectivity index (χ4v) is 7.85. The Morgan fingerprint density at radius 2 is 1.68 bits per heavy atom. The van der Waals surface area contributed by atoms with Crippen LogP contribution in [0.2, 0.25) is 5.02 Å². The molecule has 3 aromatic rings. The lowest BCUT2D eigenvalue weighted by molar-refractivity contribution is -0.122. The van der Waals surface area contributed by atoms with E-state index in [0.717, 1.165) is 19.3 Å². The highest BCUT2D eigenvalue weighted by atomic mass is 35.5. The van der Waals surface area contributed by atoms with Crippen LogP contribution in [0.3, 0.4) is 0 Å². The third kappa shape index (κ3) is 7.90. The summed E-state index contributed by atoms with van der Waals surface area (Å²) in [6, 6.07) is 21.3. The van der Waals surface area contributed by atoms with Gasteiger partial charge in [0.15, 0.2) is 0 Å². The number of carbonyl (C=O) groups excluding carboxylic acids is 1. The molecule has 4 N–H and O–H groups in total. The molecule has 0 aliphatic carbocycles. The minimum Gasteiger partial charge on any atom is -0.378 e. The molecule has 1 heterocycles. The van der Waals surface area contributed by atoms with Crippen molar-refractivity contribution in [1.82, 2.24) is 14.8 Å². The lowest BCUT2D eigenvalue weighted by atomic mass is 10.0. The standard InChI is InChI=1S/C28H32ClN3O6S2/c29-24-17-21(14-15-23(24)26-19-27(33)32-40(26,37)38)18-25(31-39(35,36)22-12-5-2-6-13-22)28(34)30-16-8-7-11-20-9-3-1-4-10-20/h1-6,9-10,12-15,17,25-27,31-33H,7-8,11,16,18-19H2,(H,30,34). The average Bonchev–Trinajstić information content (AvgIpc) is 3.20. The SMILES string of the molecule is O=C(NCCCCc1ccccc1)C(Cc1ccc(C2CC(O)NS2(=O)=O)c(Cl)c1)NS(=O)(=O)c1ccccc1. The van der Waals surface area contributed by atoms with Gasteiger partial charge in [0.05, 0.1) is 4.90 Å². The fraction of sp³-hybridized carbons (Fsp3) is 0.321. The number of sulfonamides is 2. The normalized spacial score (nSPS) is 19.2. The number of halogens is 1. The van der Waals surface area contributed by atoms with Gasteiger partial charge < -0.3 is 10.4 Å². The molecule has 1 aliphatic heterocycles. The van der Waals surface area contributed by atoms with Gasteiger partial charge in [-0.25, -0.2) is 16.8 Å². The largest absolute Gasteiger partial charge is 0.378 e. The first-order valence-electron chi connectivity index (χ1n) is 12.9. The van der Waals surface area contributed by atoms with Crippen molar-refractivity contribution >= 4 is 37.6 Å². The van der Waals surface area contributed by atoms with Crippen molar-refractivity contribution in [1.29, 1.82) is 0 Å². The molecule has 214 valence electrons. The molecule has 1 amide bonds. The van der Waals surface area contributed by atoms with Crippen LogP contribution >= 0.6 is 11.6 Å². The molecule has 1 fully saturated rings. The predicted molar refractivity (Wildman–Crippen MR) is 154 cm³/mol. The van der Waals surface area contributed by atoms with Crippen LogP contribution in [0.5, 0.6) is 0 Å². The van der Waals surface area contributed by atoms with Gasteiger partial charge in [-0.05, 0) is 60.6 Å². The highest BCUT2D eigenvalue weighted by Gasteiger charge is 2.39. The third-order valence-corrected chi connectivity index (χ3v) is 10.3. The van der Waals surface area contributed by atoms with E-state index in [4.69, 9.17) is 11.6 Å². The zero-order valence-electron chi connectivity index (χ0n) is 21.7. The summed E-state index contributed by atoms with van der Waals surface area (Å²) in [6.07, 6.45) is 1.19. The van der Waals surface area contributed by atoms with E-state index in [1.807, 2.05) is 30.3 Å². The number of unbranched alkanes of at least 4 members (excludes halogenated alkanes) is 1. The Kier molecular flexibility index (Phi) is 9.99. The predicted octanol–water partition coefficient (Wildman–Crippen LogP) is 3.05. The van der Waals surface area contributed by atoms with E-state index in [2.05, 4.69) is 14.8 Å². The number of amides is 1. The van der Waals surface area contributed by atoms with Gasteiger partial charge in [-0.15, -0.1) is 0 Å². The maximum atomic E-state index is 13.2. The number of aliphatic hydroxyl groups is 1. The highest BCUT2D eigenvalue weighted by molar-refractivity contribution is 7.90. The zero-order valence-corrected chi connectivity index (χ0v) is 24.1. The van der Waals surface area contributed by atoms with Gasteiger partial charge in [-0.1, -0.05) is 72.3 Å². The second kappa shape index (κ2) is 13.2. The minimum absolute atomic E-state index is 0.0137. The Morgan fingerprint density at radius 3 is 2.30 bits per heavy atom. The summed E-state index contributed by atoms with van der Waals surface area (Å²) < 4.78 is 55.4. The van der Waals surface area contributed by atoms with E-state index in [0.29, 0.717) is 17.7 Å². The van der Waals surface area contributed by atoms with E-state index >= 15 is 0 Å². The summed E-state index contributed by atoms with van der Waals surface area (Å²) in [6.45, 7) is 0.379. The molecule has 4 rings (SSSR count). The van der Waals surface area contributed by atoms with Gasteiger partial charge in [0.25, 0.3) is 0 Å². The van der Waals surface area contributed by atoms with Gasteiger partial charge in [-0.3, -0.25) is 4.79 Å². The first-order valence-corrected chi connectivity index (χ1v) is 16.3. The van der Waals surface area contributed by atoms with Crippen LogP contribution in [0.15, 0.2) is 83.8 Å². The molecule has 0 spiro atoms. The fourth-order valence-electron chi connectivity index (χ4n) is 4.61. The number of carbonyl (C=O) groups is 1. The second-order valence-electron chi connectivity index (χ2n) is 9.68. The number of aryl methyl sites for hydroxylation is 1. The Bertz CT molecular complexity index is 1520. The number of nitrogens with one attached hydrogen (secondary N) is 3. The molecule has 1 saturated heterocycles. The Balaban J connectivity index is 1.46. The van der Waals surface area contributed by atoms with E-state index in [-0.39, 0.29) is 22.8 Å². The molecule has 12 heteroatoms. The first-order chi connectivity index (χ1) is 19.0. The maximum Gasteiger partial charge on any atom is 0.241 e. The molecule has 0 saturated carbocycles. The van der Waals surface area contributed by atoms with Crippen molar-refractivity contribution in [3.05, 3.63) is 101 Å². The summed E-state index contributed by atoms with van der Waals surface area (Å²) in [5.74, 6) is -0.481. The first kappa shape index (κ1) is 30.2. The van der Waals surface area contributed by atoms with Crippen LogP contribution in [-0.4, -0.2) is 46.7 Å². The maximum absolute atomic E-state index is 13.2. The number of hydrogen-bond donors (Lipinski definition) is 4. The van der Waals surface area contributed by atoms with Crippen molar-refractivity contribution in [3.63, 3.8) is 0 Å². The molecule has 3 unspecified atom stereocenters. The van der Waals surface area contributed by atoms with Crippen LogP contribution in [0.4, 0.5) is 0 Å². The number of hydrogen-bond acceptors (Lipinski definition) is 6. The monoisotopic (exact) mass is 605 g/mol. The highest BCUT2D eigenvalue weighted by Crippen LogP contribution is 2.36. The van der Waals surface area contributed by atoms with E-state index < -0.39 is 43.5 Å². The van der Waals surface area contributed by atoms with Crippen LogP contribution in [0.1, 0.15) is 41.2 Å². The summed E-state index contributed by atoms with van der Waals surface area (Å²) in [5, 5.41) is 11.7. The Hall–Kier alpha value is -2.80. The summed E-state index contributed by atoms with van der Waals surface area (Å²) in [4.78, 5) is 13.2. The molecule has 3 atom stereocenters. The molecular formula is C28H32ClN3O6S2. The van der Waals surface area contributed by atoms with Crippen molar-refractivity contribution < 1.29 is 26.7 Å². The van der Waals surface area contributed by atoms with Crippen molar-refractivity contribution in [3.8, 4) is 0 Å². The lowest BCUT2D eigenvalue weighted by Gasteiger charge is -2.20. The molecule has 0 radical (unpaired) electrons. The smallest absolute Gasteiger partial charge is 0.241 e. The van der Waals surface area contributed by atoms with Gasteiger partial charge >= 0.3 is 0 Å². The second-order valence-corrected chi connectivity index (χ2v) is 13.7. The molecule has 3 aromatic carbocycles. The Labute approximate surface area is 240 Å². The molecule has 9 nitrogen and oxygen atoms in total. The third-order valence-electron chi connectivity index (χ3n) is 6.67. The van der Waals surface area contributed by atoms with Crippen LogP contribution in [-0.2, 0) is 37.7 Å². The minimum atomic E-state index is -4.01. The van der Waals surface area contributed by atoms with Crippen LogP contribution in [0, 0.1) is 0 Å². The summed E-state index contributed by atoms with van der Waals surface area (Å²) >= 11 is 6.43. The topological polar surface area (TPSA) is 142 Å². The molecule has 1 aliphatic rings. The van der Waals surface area contributed by atoms with E-state index in [1.165, 1.54) is 29.8 Å². The zero-order chi connectivity index (χ0) is 28.8. The van der Waals surface area contributed by atoms with E-state index in [9.17, 15) is 26.7 Å². The lowest BCUT2D eigenvalue weighted by Crippen LogP contribution is -2.48. The van der Waals surface area contributed by atoms with Gasteiger partial charge in [-0.2, -0.15) is 9.44 Å². The number of aliphatic hydroxyl groups excluding tert-OH is 1. The summed E-state index contributed by atoms with van der Waals surface area (Å²) in [7, 11) is -7.80. The quantitative estimate of drug-likeness (QED) is 0.234. The van der Waals surface area contributed by atoms with Crippen molar-refractivity contribution in [2.75, 3.05) is 6.54 Å². The van der Waals surface area contributed by atoms with E-state index in [1.54, 1.807) is 24.3 Å². The van der Waals surface area contributed by atoms with Gasteiger partial charge in [0.2, 0.25) is 26.0 Å².